The summed E-state index contributed by atoms with van der Waals surface area (Å²) < 4.78 is 39.3. The fourth-order valence-corrected chi connectivity index (χ4v) is 0.636. The first-order valence-corrected chi connectivity index (χ1v) is 3.78. The smallest absolute Gasteiger partial charge is 0.389 e. The minimum atomic E-state index is -4.16. The van der Waals surface area contributed by atoms with Crippen molar-refractivity contribution < 1.29 is 27.8 Å². The third-order valence-corrected chi connectivity index (χ3v) is 1.21. The van der Waals surface area contributed by atoms with Crippen molar-refractivity contribution in [1.82, 2.24) is 0 Å². The van der Waals surface area contributed by atoms with E-state index in [0.29, 0.717) is 0 Å². The quantitative estimate of drug-likeness (QED) is 0.665. The van der Waals surface area contributed by atoms with Crippen LogP contribution >= 0.6 is 0 Å². The highest BCUT2D eigenvalue weighted by Gasteiger charge is 2.25. The Bertz CT molecular complexity index is 156. The van der Waals surface area contributed by atoms with E-state index >= 15 is 0 Å². The summed E-state index contributed by atoms with van der Waals surface area (Å²) in [6, 6.07) is 0. The van der Waals surface area contributed by atoms with Crippen LogP contribution in [0.4, 0.5) is 13.2 Å². The van der Waals surface area contributed by atoms with Gasteiger partial charge < -0.3 is 9.84 Å². The summed E-state index contributed by atoms with van der Waals surface area (Å²) in [5.74, 6) is -1.02. The molecule has 0 saturated carbocycles. The van der Waals surface area contributed by atoms with Crippen LogP contribution in [-0.2, 0) is 9.53 Å². The highest BCUT2D eigenvalue weighted by Crippen LogP contribution is 2.20. The van der Waals surface area contributed by atoms with Gasteiger partial charge >= 0.3 is 12.1 Å². The molecule has 13 heavy (non-hydrogen) atoms. The maximum absolute atomic E-state index is 11.5. The summed E-state index contributed by atoms with van der Waals surface area (Å²) in [6.45, 7) is -0.0834. The SMILES string of the molecule is O=C(O)CCOCCCC(F)(F)F. The van der Waals surface area contributed by atoms with Crippen LogP contribution in [0.15, 0.2) is 0 Å². The molecule has 0 aromatic rings. The zero-order chi connectivity index (χ0) is 10.3. The molecule has 0 aliphatic heterocycles. The zero-order valence-electron chi connectivity index (χ0n) is 6.93. The van der Waals surface area contributed by atoms with Gasteiger partial charge in [-0.05, 0) is 6.42 Å². The van der Waals surface area contributed by atoms with Gasteiger partial charge in [-0.3, -0.25) is 4.79 Å². The minimum absolute atomic E-state index is 0.0345. The average Bonchev–Trinajstić information content (AvgIpc) is 1.93. The van der Waals surface area contributed by atoms with Crippen LogP contribution in [-0.4, -0.2) is 30.5 Å². The number of halogens is 3. The van der Waals surface area contributed by atoms with Crippen LogP contribution in [0, 0.1) is 0 Å². The number of ether oxygens (including phenoxy) is 1. The van der Waals surface area contributed by atoms with Crippen molar-refractivity contribution in [2.75, 3.05) is 13.2 Å². The molecular weight excluding hydrogens is 189 g/mol. The van der Waals surface area contributed by atoms with Crippen molar-refractivity contribution in [2.45, 2.75) is 25.4 Å². The summed E-state index contributed by atoms with van der Waals surface area (Å²) in [4.78, 5) is 9.93. The van der Waals surface area contributed by atoms with Crippen LogP contribution in [0.5, 0.6) is 0 Å². The summed E-state index contributed by atoms with van der Waals surface area (Å²) in [5, 5.41) is 8.14. The lowest BCUT2D eigenvalue weighted by Gasteiger charge is -2.05. The van der Waals surface area contributed by atoms with Gasteiger partial charge in [0.2, 0.25) is 0 Å². The van der Waals surface area contributed by atoms with Gasteiger partial charge in [-0.15, -0.1) is 0 Å². The number of rotatable bonds is 6. The first-order chi connectivity index (χ1) is 5.92. The van der Waals surface area contributed by atoms with Gasteiger partial charge in [0.05, 0.1) is 13.0 Å². The molecule has 0 aromatic carbocycles. The first-order valence-electron chi connectivity index (χ1n) is 3.78. The third kappa shape index (κ3) is 11.2. The highest BCUT2D eigenvalue weighted by atomic mass is 19.4. The fourth-order valence-electron chi connectivity index (χ4n) is 0.636. The number of carboxylic acid groups (broad SMARTS) is 1. The predicted octanol–water partition coefficient (Wildman–Crippen LogP) is 1.82. The van der Waals surface area contributed by atoms with Crippen molar-refractivity contribution in [3.63, 3.8) is 0 Å². The molecule has 1 N–H and O–H groups in total. The van der Waals surface area contributed by atoms with Gasteiger partial charge in [0.25, 0.3) is 0 Å². The van der Waals surface area contributed by atoms with Crippen molar-refractivity contribution in [2.24, 2.45) is 0 Å². The Hall–Kier alpha value is -0.780. The zero-order valence-corrected chi connectivity index (χ0v) is 6.93. The molecule has 0 rings (SSSR count). The Morgan fingerprint density at radius 1 is 1.31 bits per heavy atom. The Morgan fingerprint density at radius 3 is 2.38 bits per heavy atom. The van der Waals surface area contributed by atoms with Crippen molar-refractivity contribution in [1.29, 1.82) is 0 Å². The molecule has 0 bridgehead atoms. The first kappa shape index (κ1) is 12.2. The summed E-state index contributed by atoms with van der Waals surface area (Å²) in [6.07, 6.45) is -5.34. The van der Waals surface area contributed by atoms with E-state index in [1.807, 2.05) is 0 Å². The number of aliphatic carboxylic acids is 1. The number of hydrogen-bond acceptors (Lipinski definition) is 2. The molecule has 0 aromatic heterocycles. The number of carbonyl (C=O) groups is 1. The molecule has 0 aliphatic carbocycles. The predicted molar refractivity (Wildman–Crippen MR) is 38.4 cm³/mol. The van der Waals surface area contributed by atoms with E-state index in [2.05, 4.69) is 4.74 Å². The second kappa shape index (κ2) is 5.80. The average molecular weight is 200 g/mol. The summed E-state index contributed by atoms with van der Waals surface area (Å²) >= 11 is 0. The van der Waals surface area contributed by atoms with Gasteiger partial charge in [0.1, 0.15) is 0 Å². The molecule has 0 unspecified atom stereocenters. The fraction of sp³-hybridized carbons (Fsp3) is 0.857. The molecule has 6 heteroatoms. The van der Waals surface area contributed by atoms with Crippen LogP contribution in [0.3, 0.4) is 0 Å². The standard InChI is InChI=1S/C7H11F3O3/c8-7(9,10)3-1-4-13-5-2-6(11)12/h1-5H2,(H,11,12). The molecular formula is C7H11F3O3. The maximum Gasteiger partial charge on any atom is 0.389 e. The third-order valence-electron chi connectivity index (χ3n) is 1.21. The van der Waals surface area contributed by atoms with Gasteiger partial charge in [-0.25, -0.2) is 0 Å². The maximum atomic E-state index is 11.5. The lowest BCUT2D eigenvalue weighted by Crippen LogP contribution is -2.10. The lowest BCUT2D eigenvalue weighted by atomic mass is 10.3. The number of alkyl halides is 3. The van der Waals surface area contributed by atoms with Gasteiger partial charge in [0.15, 0.2) is 0 Å². The second-order valence-corrected chi connectivity index (χ2v) is 2.47. The van der Waals surface area contributed by atoms with Crippen molar-refractivity contribution in [3.8, 4) is 0 Å². The van der Waals surface area contributed by atoms with Crippen molar-refractivity contribution in [3.05, 3.63) is 0 Å². The lowest BCUT2D eigenvalue weighted by molar-refractivity contribution is -0.141. The molecule has 0 fully saturated rings. The monoisotopic (exact) mass is 200 g/mol. The van der Waals surface area contributed by atoms with E-state index in [9.17, 15) is 18.0 Å². The Balaban J connectivity index is 3.13. The van der Waals surface area contributed by atoms with E-state index in [1.165, 1.54) is 0 Å². The van der Waals surface area contributed by atoms with Crippen LogP contribution < -0.4 is 0 Å². The number of carboxylic acids is 1. The van der Waals surface area contributed by atoms with E-state index in [-0.39, 0.29) is 26.1 Å². The van der Waals surface area contributed by atoms with Crippen LogP contribution in [0.25, 0.3) is 0 Å². The molecule has 0 heterocycles. The Labute approximate surface area is 73.5 Å². The highest BCUT2D eigenvalue weighted by molar-refractivity contribution is 5.66. The minimum Gasteiger partial charge on any atom is -0.481 e. The topological polar surface area (TPSA) is 46.5 Å². The van der Waals surface area contributed by atoms with E-state index < -0.39 is 18.6 Å². The molecule has 0 saturated heterocycles. The van der Waals surface area contributed by atoms with Crippen molar-refractivity contribution >= 4 is 5.97 Å². The second-order valence-electron chi connectivity index (χ2n) is 2.47. The largest absolute Gasteiger partial charge is 0.481 e. The molecule has 0 amide bonds. The Kier molecular flexibility index (Phi) is 5.45. The Morgan fingerprint density at radius 2 is 1.92 bits per heavy atom. The van der Waals surface area contributed by atoms with Gasteiger partial charge in [0, 0.05) is 13.0 Å². The summed E-state index contributed by atoms with van der Waals surface area (Å²) in [7, 11) is 0. The van der Waals surface area contributed by atoms with Gasteiger partial charge in [-0.1, -0.05) is 0 Å². The molecule has 0 atom stereocenters. The molecule has 0 spiro atoms. The summed E-state index contributed by atoms with van der Waals surface area (Å²) in [5.41, 5.74) is 0. The molecule has 0 aliphatic rings. The normalized spacial score (nSPS) is 11.6. The molecule has 3 nitrogen and oxygen atoms in total. The molecule has 78 valence electrons. The molecule has 0 radical (unpaired) electrons. The van der Waals surface area contributed by atoms with E-state index in [4.69, 9.17) is 5.11 Å². The van der Waals surface area contributed by atoms with E-state index in [1.54, 1.807) is 0 Å². The van der Waals surface area contributed by atoms with Crippen LogP contribution in [0.2, 0.25) is 0 Å². The number of hydrogen-bond donors (Lipinski definition) is 1. The van der Waals surface area contributed by atoms with E-state index in [0.717, 1.165) is 0 Å². The van der Waals surface area contributed by atoms with Crippen LogP contribution in [0.1, 0.15) is 19.3 Å². The van der Waals surface area contributed by atoms with Gasteiger partial charge in [-0.2, -0.15) is 13.2 Å².